The van der Waals surface area contributed by atoms with Gasteiger partial charge in [0, 0.05) is 19.1 Å². The van der Waals surface area contributed by atoms with E-state index < -0.39 is 0 Å². The van der Waals surface area contributed by atoms with Crippen LogP contribution in [0.25, 0.3) is 0 Å². The van der Waals surface area contributed by atoms with Crippen LogP contribution < -0.4 is 11.1 Å². The second kappa shape index (κ2) is 6.37. The lowest BCUT2D eigenvalue weighted by Gasteiger charge is -2.29. The van der Waals surface area contributed by atoms with Gasteiger partial charge in [-0.1, -0.05) is 23.7 Å². The number of nitrogens with one attached hydrogen (secondary N) is 1. The van der Waals surface area contributed by atoms with Gasteiger partial charge in [0.1, 0.15) is 0 Å². The number of nitrogens with two attached hydrogens (primary N) is 1. The van der Waals surface area contributed by atoms with E-state index in [0.717, 1.165) is 31.5 Å². The fraction of sp³-hybridized carbons (Fsp3) is 0.500. The van der Waals surface area contributed by atoms with Crippen LogP contribution in [0.4, 0.5) is 5.69 Å². The summed E-state index contributed by atoms with van der Waals surface area (Å²) in [4.78, 5) is 14.2. The summed E-state index contributed by atoms with van der Waals surface area (Å²) < 4.78 is 0. The molecule has 2 rings (SSSR count). The summed E-state index contributed by atoms with van der Waals surface area (Å²) in [6, 6.07) is 5.87. The molecule has 0 unspecified atom stereocenters. The van der Waals surface area contributed by atoms with Gasteiger partial charge in [-0.2, -0.15) is 0 Å². The summed E-state index contributed by atoms with van der Waals surface area (Å²) in [5, 5.41) is 3.47. The molecular weight excluding hydrogens is 262 g/mol. The number of para-hydroxylation sites is 1. The van der Waals surface area contributed by atoms with Crippen LogP contribution in [0, 0.1) is 6.92 Å². The Balaban J connectivity index is 1.91. The minimum atomic E-state index is -0.0216. The molecule has 0 bridgehead atoms. The number of halogens is 1. The summed E-state index contributed by atoms with van der Waals surface area (Å²) in [6.07, 6.45) is 1.91. The van der Waals surface area contributed by atoms with Gasteiger partial charge in [-0.05, 0) is 31.4 Å². The third kappa shape index (κ3) is 3.93. The van der Waals surface area contributed by atoms with Crippen molar-refractivity contribution in [3.63, 3.8) is 0 Å². The number of amides is 1. The highest BCUT2D eigenvalue weighted by Gasteiger charge is 2.18. The fourth-order valence-corrected chi connectivity index (χ4v) is 2.55. The molecule has 4 nitrogen and oxygen atoms in total. The molecule has 3 N–H and O–H groups in total. The van der Waals surface area contributed by atoms with E-state index in [0.29, 0.717) is 17.3 Å². The van der Waals surface area contributed by atoms with Crippen LogP contribution in [-0.2, 0) is 4.79 Å². The first-order valence-corrected chi connectivity index (χ1v) is 6.97. The molecule has 19 heavy (non-hydrogen) atoms. The van der Waals surface area contributed by atoms with E-state index in [1.165, 1.54) is 0 Å². The maximum Gasteiger partial charge on any atom is 0.238 e. The van der Waals surface area contributed by atoms with E-state index in [4.69, 9.17) is 17.3 Å². The van der Waals surface area contributed by atoms with Crippen LogP contribution >= 0.6 is 11.6 Å². The van der Waals surface area contributed by atoms with E-state index >= 15 is 0 Å². The number of aryl methyl sites for hydroxylation is 1. The highest BCUT2D eigenvalue weighted by Crippen LogP contribution is 2.25. The minimum Gasteiger partial charge on any atom is -0.328 e. The molecule has 0 aromatic heterocycles. The van der Waals surface area contributed by atoms with Crippen molar-refractivity contribution in [2.45, 2.75) is 25.8 Å². The first-order chi connectivity index (χ1) is 9.06. The predicted octanol–water partition coefficient (Wildman–Crippen LogP) is 2.01. The van der Waals surface area contributed by atoms with Crippen molar-refractivity contribution in [3.05, 3.63) is 28.8 Å². The third-order valence-corrected chi connectivity index (χ3v) is 3.80. The quantitative estimate of drug-likeness (QED) is 0.891. The molecule has 5 heteroatoms. The monoisotopic (exact) mass is 281 g/mol. The summed E-state index contributed by atoms with van der Waals surface area (Å²) >= 11 is 6.09. The topological polar surface area (TPSA) is 58.4 Å². The molecule has 0 aliphatic carbocycles. The van der Waals surface area contributed by atoms with Crippen molar-refractivity contribution in [1.29, 1.82) is 0 Å². The number of hydrogen-bond donors (Lipinski definition) is 2. The van der Waals surface area contributed by atoms with E-state index in [9.17, 15) is 4.79 Å². The number of nitrogens with zero attached hydrogens (tertiary/aromatic N) is 1. The lowest BCUT2D eigenvalue weighted by Crippen LogP contribution is -2.43. The van der Waals surface area contributed by atoms with Crippen LogP contribution in [-0.4, -0.2) is 36.5 Å². The standard InChI is InChI=1S/C14H20ClN3O/c1-10-3-2-4-12(15)14(10)17-13(19)9-18-7-5-11(16)6-8-18/h2-4,11H,5-9,16H2,1H3,(H,17,19). The second-order valence-corrected chi connectivity index (χ2v) is 5.50. The number of rotatable bonds is 3. The first kappa shape index (κ1) is 14.3. The molecule has 104 valence electrons. The number of carbonyl (C=O) groups excluding carboxylic acids is 1. The van der Waals surface area contributed by atoms with Crippen LogP contribution in [0.15, 0.2) is 18.2 Å². The van der Waals surface area contributed by atoms with Gasteiger partial charge >= 0.3 is 0 Å². The fourth-order valence-electron chi connectivity index (χ4n) is 2.28. The molecule has 1 heterocycles. The zero-order chi connectivity index (χ0) is 13.8. The number of carbonyl (C=O) groups is 1. The lowest BCUT2D eigenvalue weighted by atomic mass is 10.1. The van der Waals surface area contributed by atoms with Crippen molar-refractivity contribution in [1.82, 2.24) is 4.90 Å². The molecule has 1 aliphatic heterocycles. The van der Waals surface area contributed by atoms with Crippen LogP contribution in [0.2, 0.25) is 5.02 Å². The normalized spacial score (nSPS) is 17.4. The van der Waals surface area contributed by atoms with Crippen molar-refractivity contribution in [3.8, 4) is 0 Å². The van der Waals surface area contributed by atoms with E-state index in [1.54, 1.807) is 6.07 Å². The zero-order valence-electron chi connectivity index (χ0n) is 11.2. The Labute approximate surface area is 118 Å². The number of anilines is 1. The SMILES string of the molecule is Cc1cccc(Cl)c1NC(=O)CN1CCC(N)CC1. The summed E-state index contributed by atoms with van der Waals surface area (Å²) in [5.41, 5.74) is 7.53. The van der Waals surface area contributed by atoms with Crippen molar-refractivity contribution < 1.29 is 4.79 Å². The highest BCUT2D eigenvalue weighted by atomic mass is 35.5. The average molecular weight is 282 g/mol. The maximum absolute atomic E-state index is 12.0. The zero-order valence-corrected chi connectivity index (χ0v) is 11.9. The Bertz CT molecular complexity index is 436. The van der Waals surface area contributed by atoms with Gasteiger partial charge in [-0.15, -0.1) is 0 Å². The summed E-state index contributed by atoms with van der Waals surface area (Å²) in [7, 11) is 0. The van der Waals surface area contributed by atoms with Gasteiger partial charge in [0.15, 0.2) is 0 Å². The molecule has 1 aromatic carbocycles. The maximum atomic E-state index is 12.0. The Kier molecular flexibility index (Phi) is 4.80. The van der Waals surface area contributed by atoms with Crippen LogP contribution in [0.5, 0.6) is 0 Å². The average Bonchev–Trinajstić information content (AvgIpc) is 2.37. The number of likely N-dealkylation sites (tertiary alicyclic amines) is 1. The highest BCUT2D eigenvalue weighted by molar-refractivity contribution is 6.33. The third-order valence-electron chi connectivity index (χ3n) is 3.49. The first-order valence-electron chi connectivity index (χ1n) is 6.59. The van der Waals surface area contributed by atoms with E-state index in [2.05, 4.69) is 10.2 Å². The van der Waals surface area contributed by atoms with Gasteiger partial charge in [0.25, 0.3) is 0 Å². The molecule has 1 aliphatic rings. The largest absolute Gasteiger partial charge is 0.328 e. The smallest absolute Gasteiger partial charge is 0.238 e. The molecule has 1 saturated heterocycles. The predicted molar refractivity (Wildman–Crippen MR) is 78.5 cm³/mol. The van der Waals surface area contributed by atoms with Crippen molar-refractivity contribution in [2.75, 3.05) is 25.0 Å². The van der Waals surface area contributed by atoms with E-state index in [1.807, 2.05) is 19.1 Å². The Morgan fingerprint density at radius 3 is 2.79 bits per heavy atom. The Morgan fingerprint density at radius 1 is 1.47 bits per heavy atom. The number of benzene rings is 1. The number of piperidine rings is 1. The van der Waals surface area contributed by atoms with Crippen molar-refractivity contribution in [2.24, 2.45) is 5.73 Å². The molecule has 1 aromatic rings. The molecule has 1 fully saturated rings. The van der Waals surface area contributed by atoms with E-state index in [-0.39, 0.29) is 11.9 Å². The molecule has 0 spiro atoms. The van der Waals surface area contributed by atoms with Crippen molar-refractivity contribution >= 4 is 23.2 Å². The van der Waals surface area contributed by atoms with Gasteiger partial charge < -0.3 is 11.1 Å². The van der Waals surface area contributed by atoms with Crippen LogP contribution in [0.3, 0.4) is 0 Å². The molecule has 0 saturated carbocycles. The Hall–Kier alpha value is -1.10. The molecule has 0 radical (unpaired) electrons. The Morgan fingerprint density at radius 2 is 2.16 bits per heavy atom. The van der Waals surface area contributed by atoms with Crippen LogP contribution in [0.1, 0.15) is 18.4 Å². The molecule has 0 atom stereocenters. The van der Waals surface area contributed by atoms with Gasteiger partial charge in [-0.3, -0.25) is 9.69 Å². The van der Waals surface area contributed by atoms with Gasteiger partial charge in [-0.25, -0.2) is 0 Å². The van der Waals surface area contributed by atoms with Gasteiger partial charge in [0.05, 0.1) is 17.3 Å². The molecular formula is C14H20ClN3O. The lowest BCUT2D eigenvalue weighted by molar-refractivity contribution is -0.117. The minimum absolute atomic E-state index is 0.0216. The summed E-state index contributed by atoms with van der Waals surface area (Å²) in [6.45, 7) is 4.10. The summed E-state index contributed by atoms with van der Waals surface area (Å²) in [5.74, 6) is -0.0216. The second-order valence-electron chi connectivity index (χ2n) is 5.09. The van der Waals surface area contributed by atoms with Gasteiger partial charge in [0.2, 0.25) is 5.91 Å². The molecule has 1 amide bonds. The number of hydrogen-bond acceptors (Lipinski definition) is 3.